The van der Waals surface area contributed by atoms with Gasteiger partial charge in [-0.1, -0.05) is 0 Å². The third-order valence-corrected chi connectivity index (χ3v) is 4.58. The highest BCUT2D eigenvalue weighted by Gasteiger charge is 2.25. The smallest absolute Gasteiger partial charge is 0.126 e. The molecule has 0 saturated carbocycles. The second-order valence-corrected chi connectivity index (χ2v) is 6.34. The third kappa shape index (κ3) is 3.10. The molecule has 3 aromatic rings. The summed E-state index contributed by atoms with van der Waals surface area (Å²) in [4.78, 5) is 16.1. The van der Waals surface area contributed by atoms with Crippen LogP contribution in [0.4, 0.5) is 5.82 Å². The molecule has 4 rings (SSSR count). The van der Waals surface area contributed by atoms with Crippen molar-refractivity contribution in [1.29, 1.82) is 0 Å². The molecule has 1 aliphatic rings. The Kier molecular flexibility index (Phi) is 4.13. The van der Waals surface area contributed by atoms with Gasteiger partial charge in [-0.3, -0.25) is 9.88 Å². The summed E-state index contributed by atoms with van der Waals surface area (Å²) in [7, 11) is 2.02. The van der Waals surface area contributed by atoms with Crippen LogP contribution in [0.25, 0.3) is 11.0 Å². The number of imidazole rings is 1. The van der Waals surface area contributed by atoms with Gasteiger partial charge in [-0.15, -0.1) is 0 Å². The van der Waals surface area contributed by atoms with Crippen LogP contribution in [0, 0.1) is 0 Å². The van der Waals surface area contributed by atoms with Crippen LogP contribution in [-0.2, 0) is 7.05 Å². The first-order chi connectivity index (χ1) is 11.8. The first-order valence-corrected chi connectivity index (χ1v) is 8.47. The molecule has 1 aliphatic heterocycles. The fourth-order valence-electron chi connectivity index (χ4n) is 3.34. The fourth-order valence-corrected chi connectivity index (χ4v) is 3.34. The van der Waals surface area contributed by atoms with Crippen LogP contribution < -0.4 is 5.32 Å². The van der Waals surface area contributed by atoms with Crippen molar-refractivity contribution in [3.63, 3.8) is 0 Å². The number of nitrogens with zero attached hydrogens (tertiary/aromatic N) is 5. The van der Waals surface area contributed by atoms with Gasteiger partial charge in [0.2, 0.25) is 0 Å². The quantitative estimate of drug-likeness (QED) is 0.782. The Morgan fingerprint density at radius 3 is 2.79 bits per heavy atom. The molecule has 0 aromatic carbocycles. The van der Waals surface area contributed by atoms with Crippen LogP contribution in [0.1, 0.15) is 24.6 Å². The van der Waals surface area contributed by atoms with Crippen molar-refractivity contribution in [2.45, 2.75) is 18.9 Å². The Labute approximate surface area is 141 Å². The van der Waals surface area contributed by atoms with Crippen molar-refractivity contribution in [2.75, 3.05) is 25.0 Å². The summed E-state index contributed by atoms with van der Waals surface area (Å²) in [6.45, 7) is 3.08. The lowest BCUT2D eigenvalue weighted by Crippen LogP contribution is -2.31. The Balaban J connectivity index is 1.53. The van der Waals surface area contributed by atoms with E-state index in [-0.39, 0.29) is 6.04 Å². The predicted molar refractivity (Wildman–Crippen MR) is 94.8 cm³/mol. The maximum absolute atomic E-state index is 4.65. The summed E-state index contributed by atoms with van der Waals surface area (Å²) in [5.74, 6) is 0.885. The van der Waals surface area contributed by atoms with E-state index in [4.69, 9.17) is 0 Å². The molecule has 0 spiro atoms. The maximum Gasteiger partial charge on any atom is 0.126 e. The van der Waals surface area contributed by atoms with Crippen molar-refractivity contribution < 1.29 is 0 Å². The highest BCUT2D eigenvalue weighted by molar-refractivity contribution is 5.75. The molecule has 0 aliphatic carbocycles. The molecule has 0 amide bonds. The van der Waals surface area contributed by atoms with Gasteiger partial charge >= 0.3 is 0 Å². The summed E-state index contributed by atoms with van der Waals surface area (Å²) < 4.78 is 2.01. The first-order valence-electron chi connectivity index (χ1n) is 8.47. The Morgan fingerprint density at radius 1 is 1.12 bits per heavy atom. The van der Waals surface area contributed by atoms with E-state index in [1.165, 1.54) is 12.8 Å². The second kappa shape index (κ2) is 6.57. The number of hydrogen-bond donors (Lipinski definition) is 1. The highest BCUT2D eigenvalue weighted by Crippen LogP contribution is 2.24. The molecule has 0 bridgehead atoms. The van der Waals surface area contributed by atoms with Gasteiger partial charge in [0, 0.05) is 26.0 Å². The number of likely N-dealkylation sites (tertiary alicyclic amines) is 1. The molecule has 4 heterocycles. The van der Waals surface area contributed by atoms with Crippen molar-refractivity contribution >= 4 is 16.9 Å². The van der Waals surface area contributed by atoms with Gasteiger partial charge in [-0.05, 0) is 50.2 Å². The number of nitrogens with one attached hydrogen (secondary N) is 1. The zero-order valence-electron chi connectivity index (χ0n) is 13.9. The molecule has 1 saturated heterocycles. The molecule has 1 fully saturated rings. The Hall–Kier alpha value is -2.47. The van der Waals surface area contributed by atoms with Crippen LogP contribution in [0.2, 0.25) is 0 Å². The zero-order valence-corrected chi connectivity index (χ0v) is 13.9. The molecule has 0 radical (unpaired) electrons. The van der Waals surface area contributed by atoms with Crippen molar-refractivity contribution in [2.24, 2.45) is 7.05 Å². The van der Waals surface area contributed by atoms with E-state index in [0.29, 0.717) is 0 Å². The molecule has 6 nitrogen and oxygen atoms in total. The molecule has 3 aromatic heterocycles. The molecule has 1 N–H and O–H groups in total. The molecular weight excluding hydrogens is 300 g/mol. The Morgan fingerprint density at radius 2 is 2.00 bits per heavy atom. The second-order valence-electron chi connectivity index (χ2n) is 6.34. The molecular formula is C18H22N6. The van der Waals surface area contributed by atoms with Crippen LogP contribution in [0.15, 0.2) is 43.0 Å². The van der Waals surface area contributed by atoms with Gasteiger partial charge in [-0.25, -0.2) is 9.97 Å². The average molecular weight is 322 g/mol. The maximum atomic E-state index is 4.65. The number of hydrogen-bond acceptors (Lipinski definition) is 5. The van der Waals surface area contributed by atoms with Crippen LogP contribution >= 0.6 is 0 Å². The number of fused-ring (bicyclic) bond motifs is 1. The van der Waals surface area contributed by atoms with Gasteiger partial charge in [0.25, 0.3) is 0 Å². The van der Waals surface area contributed by atoms with Crippen LogP contribution in [0.3, 0.4) is 0 Å². The number of pyridine rings is 2. The minimum absolute atomic E-state index is 0.278. The van der Waals surface area contributed by atoms with Crippen molar-refractivity contribution in [3.05, 3.63) is 48.7 Å². The lowest BCUT2D eigenvalue weighted by atomic mass is 10.2. The van der Waals surface area contributed by atoms with E-state index >= 15 is 0 Å². The van der Waals surface area contributed by atoms with Crippen molar-refractivity contribution in [1.82, 2.24) is 24.4 Å². The SMILES string of the molecule is Cn1cnc(C(CNc2ccc3ncccc3n2)N2CCCC2)c1. The predicted octanol–water partition coefficient (Wildman–Crippen LogP) is 2.61. The number of rotatable bonds is 5. The third-order valence-electron chi connectivity index (χ3n) is 4.58. The van der Waals surface area contributed by atoms with E-state index in [2.05, 4.69) is 31.4 Å². The molecule has 24 heavy (non-hydrogen) atoms. The van der Waals surface area contributed by atoms with E-state index in [1.54, 1.807) is 6.20 Å². The zero-order chi connectivity index (χ0) is 16.4. The normalized spacial score (nSPS) is 16.5. The summed E-state index contributed by atoms with van der Waals surface area (Å²) in [5, 5.41) is 3.49. The van der Waals surface area contributed by atoms with Crippen LogP contribution in [-0.4, -0.2) is 44.1 Å². The highest BCUT2D eigenvalue weighted by atomic mass is 15.2. The molecule has 1 atom stereocenters. The van der Waals surface area contributed by atoms with Gasteiger partial charge in [0.15, 0.2) is 0 Å². The van der Waals surface area contributed by atoms with E-state index in [0.717, 1.165) is 42.2 Å². The van der Waals surface area contributed by atoms with E-state index < -0.39 is 0 Å². The lowest BCUT2D eigenvalue weighted by Gasteiger charge is -2.26. The van der Waals surface area contributed by atoms with Gasteiger partial charge in [0.1, 0.15) is 5.82 Å². The number of aromatic nitrogens is 4. The van der Waals surface area contributed by atoms with E-state index in [9.17, 15) is 0 Å². The summed E-state index contributed by atoms with van der Waals surface area (Å²) in [6.07, 6.45) is 8.31. The minimum atomic E-state index is 0.278. The Bertz CT molecular complexity index is 821. The summed E-state index contributed by atoms with van der Waals surface area (Å²) >= 11 is 0. The number of aryl methyl sites for hydroxylation is 1. The molecule has 1 unspecified atom stereocenters. The van der Waals surface area contributed by atoms with Gasteiger partial charge in [0.05, 0.1) is 29.1 Å². The molecule has 124 valence electrons. The van der Waals surface area contributed by atoms with Crippen LogP contribution in [0.5, 0.6) is 0 Å². The largest absolute Gasteiger partial charge is 0.368 e. The standard InChI is InChI=1S/C18H22N6/c1-23-12-16(21-13-23)17(24-9-2-3-10-24)11-20-18-7-6-14-15(22-18)5-4-8-19-14/h4-8,12-13,17H,2-3,9-11H2,1H3,(H,20,22). The fraction of sp³-hybridized carbons (Fsp3) is 0.389. The topological polar surface area (TPSA) is 58.9 Å². The summed E-state index contributed by atoms with van der Waals surface area (Å²) in [5.41, 5.74) is 2.95. The number of anilines is 1. The van der Waals surface area contributed by atoms with Crippen molar-refractivity contribution in [3.8, 4) is 0 Å². The molecule has 6 heteroatoms. The monoisotopic (exact) mass is 322 g/mol. The lowest BCUT2D eigenvalue weighted by molar-refractivity contribution is 0.251. The summed E-state index contributed by atoms with van der Waals surface area (Å²) in [6, 6.07) is 8.19. The van der Waals surface area contributed by atoms with E-state index in [1.807, 2.05) is 42.2 Å². The van der Waals surface area contributed by atoms with Gasteiger partial charge < -0.3 is 9.88 Å². The first kappa shape index (κ1) is 15.1. The minimum Gasteiger partial charge on any atom is -0.368 e. The van der Waals surface area contributed by atoms with Gasteiger partial charge in [-0.2, -0.15) is 0 Å². The average Bonchev–Trinajstić information content (AvgIpc) is 3.27.